The van der Waals surface area contributed by atoms with E-state index in [2.05, 4.69) is 0 Å². The zero-order valence-corrected chi connectivity index (χ0v) is 18.2. The first-order valence-electron chi connectivity index (χ1n) is 10.7. The van der Waals surface area contributed by atoms with Crippen molar-refractivity contribution in [2.24, 2.45) is 5.92 Å². The summed E-state index contributed by atoms with van der Waals surface area (Å²) >= 11 is 0. The van der Waals surface area contributed by atoms with E-state index in [1.54, 1.807) is 15.9 Å². The number of piperazine rings is 1. The first-order chi connectivity index (χ1) is 15.1. The van der Waals surface area contributed by atoms with Crippen molar-refractivity contribution in [2.45, 2.75) is 26.4 Å². The highest BCUT2D eigenvalue weighted by atomic mass is 19.4. The maximum Gasteiger partial charge on any atom is 0.416 e. The van der Waals surface area contributed by atoms with Crippen LogP contribution in [0.5, 0.6) is 0 Å². The van der Waals surface area contributed by atoms with E-state index in [1.165, 1.54) is 6.07 Å². The normalized spacial score (nSPS) is 19.6. The van der Waals surface area contributed by atoms with E-state index in [1.807, 2.05) is 36.9 Å². The predicted octanol–water partition coefficient (Wildman–Crippen LogP) is 4.02. The average molecular weight is 445 g/mol. The van der Waals surface area contributed by atoms with Crippen molar-refractivity contribution in [1.29, 1.82) is 0 Å². The van der Waals surface area contributed by atoms with Gasteiger partial charge in [0, 0.05) is 50.5 Å². The summed E-state index contributed by atoms with van der Waals surface area (Å²) in [4.78, 5) is 30.9. The van der Waals surface area contributed by atoms with Crippen LogP contribution in [0.4, 0.5) is 24.5 Å². The van der Waals surface area contributed by atoms with Gasteiger partial charge in [0.15, 0.2) is 0 Å². The Bertz CT molecular complexity index is 1030. The van der Waals surface area contributed by atoms with Crippen LogP contribution in [0.1, 0.15) is 23.1 Å². The van der Waals surface area contributed by atoms with Crippen molar-refractivity contribution in [3.05, 3.63) is 59.2 Å². The van der Waals surface area contributed by atoms with E-state index in [0.29, 0.717) is 38.4 Å². The molecule has 170 valence electrons. The van der Waals surface area contributed by atoms with Gasteiger partial charge in [-0.15, -0.1) is 0 Å². The number of carbonyl (C=O) groups excluding carboxylic acids is 2. The van der Waals surface area contributed by atoms with Crippen LogP contribution in [0.25, 0.3) is 0 Å². The molecular formula is C24H26F3N3O2. The quantitative estimate of drug-likeness (QED) is 0.717. The van der Waals surface area contributed by atoms with Gasteiger partial charge in [-0.2, -0.15) is 13.2 Å². The lowest BCUT2D eigenvalue weighted by atomic mass is 10.1. The lowest BCUT2D eigenvalue weighted by molar-refractivity contribution is -0.137. The second-order valence-electron chi connectivity index (χ2n) is 8.53. The van der Waals surface area contributed by atoms with Crippen molar-refractivity contribution in [3.63, 3.8) is 0 Å². The smallest absolute Gasteiger partial charge is 0.368 e. The lowest BCUT2D eigenvalue weighted by Crippen LogP contribution is -2.50. The molecule has 2 saturated heterocycles. The molecule has 2 fully saturated rings. The van der Waals surface area contributed by atoms with Gasteiger partial charge in [-0.25, -0.2) is 0 Å². The van der Waals surface area contributed by atoms with E-state index in [0.717, 1.165) is 28.9 Å². The first kappa shape index (κ1) is 22.2. The number of amides is 2. The molecule has 5 nitrogen and oxygen atoms in total. The van der Waals surface area contributed by atoms with Crippen LogP contribution in [0.2, 0.25) is 0 Å². The molecule has 4 rings (SSSR count). The molecule has 1 atom stereocenters. The summed E-state index contributed by atoms with van der Waals surface area (Å²) in [6, 6.07) is 11.1. The molecule has 0 aromatic heterocycles. The monoisotopic (exact) mass is 445 g/mol. The summed E-state index contributed by atoms with van der Waals surface area (Å²) in [5.74, 6) is -0.521. The zero-order chi connectivity index (χ0) is 23.0. The number of hydrogen-bond acceptors (Lipinski definition) is 3. The van der Waals surface area contributed by atoms with Crippen molar-refractivity contribution in [3.8, 4) is 0 Å². The van der Waals surface area contributed by atoms with Gasteiger partial charge in [-0.1, -0.05) is 12.1 Å². The van der Waals surface area contributed by atoms with E-state index >= 15 is 0 Å². The molecule has 0 radical (unpaired) electrons. The Kier molecular flexibility index (Phi) is 5.88. The van der Waals surface area contributed by atoms with Gasteiger partial charge in [0.2, 0.25) is 11.8 Å². The second-order valence-corrected chi connectivity index (χ2v) is 8.53. The van der Waals surface area contributed by atoms with Crippen molar-refractivity contribution >= 4 is 23.2 Å². The number of anilines is 2. The molecule has 0 spiro atoms. The van der Waals surface area contributed by atoms with Crippen LogP contribution in [0.3, 0.4) is 0 Å². The number of benzene rings is 2. The highest BCUT2D eigenvalue weighted by molar-refractivity contribution is 6.00. The number of aryl methyl sites for hydroxylation is 2. The van der Waals surface area contributed by atoms with Gasteiger partial charge in [0.25, 0.3) is 0 Å². The Balaban J connectivity index is 1.38. The fourth-order valence-electron chi connectivity index (χ4n) is 4.34. The molecular weight excluding hydrogens is 419 g/mol. The molecule has 0 bridgehead atoms. The molecule has 2 heterocycles. The summed E-state index contributed by atoms with van der Waals surface area (Å²) in [5, 5.41) is 0. The highest BCUT2D eigenvalue weighted by Crippen LogP contribution is 2.32. The Morgan fingerprint density at radius 3 is 2.31 bits per heavy atom. The van der Waals surface area contributed by atoms with Gasteiger partial charge >= 0.3 is 6.18 Å². The summed E-state index contributed by atoms with van der Waals surface area (Å²) in [7, 11) is 0. The van der Waals surface area contributed by atoms with Gasteiger partial charge < -0.3 is 14.7 Å². The SMILES string of the molecule is Cc1ccc(N2CC(C(=O)N3CCN(c4cccc(C(F)(F)F)c4)CC3)CC2=O)cc1C. The van der Waals surface area contributed by atoms with Crippen LogP contribution in [-0.2, 0) is 15.8 Å². The van der Waals surface area contributed by atoms with E-state index < -0.39 is 17.7 Å². The fraction of sp³-hybridized carbons (Fsp3) is 0.417. The molecule has 1 unspecified atom stereocenters. The Morgan fingerprint density at radius 1 is 0.938 bits per heavy atom. The van der Waals surface area contributed by atoms with Crippen LogP contribution in [0.15, 0.2) is 42.5 Å². The second kappa shape index (κ2) is 8.48. The molecule has 0 aliphatic carbocycles. The van der Waals surface area contributed by atoms with Crippen LogP contribution >= 0.6 is 0 Å². The Hall–Kier alpha value is -3.03. The molecule has 32 heavy (non-hydrogen) atoms. The summed E-state index contributed by atoms with van der Waals surface area (Å²) < 4.78 is 39.0. The maximum atomic E-state index is 13.1. The molecule has 0 saturated carbocycles. The minimum Gasteiger partial charge on any atom is -0.368 e. The van der Waals surface area contributed by atoms with Crippen LogP contribution in [0, 0.1) is 19.8 Å². The number of rotatable bonds is 3. The minimum absolute atomic E-state index is 0.0609. The van der Waals surface area contributed by atoms with E-state index in [4.69, 9.17) is 0 Å². The highest BCUT2D eigenvalue weighted by Gasteiger charge is 2.38. The molecule has 8 heteroatoms. The molecule has 2 aliphatic rings. The standard InChI is InChI=1S/C24H26F3N3O2/c1-16-6-7-21(12-17(16)2)30-15-18(13-22(30)31)23(32)29-10-8-28(9-11-29)20-5-3-4-19(14-20)24(25,26)27/h3-7,12,14,18H,8-11,13,15H2,1-2H3. The average Bonchev–Trinajstić information content (AvgIpc) is 3.16. The summed E-state index contributed by atoms with van der Waals surface area (Å²) in [6.07, 6.45) is -4.20. The Morgan fingerprint density at radius 2 is 1.66 bits per heavy atom. The number of alkyl halides is 3. The molecule has 2 aromatic carbocycles. The van der Waals surface area contributed by atoms with Crippen molar-refractivity contribution in [1.82, 2.24) is 4.90 Å². The number of nitrogens with zero attached hydrogens (tertiary/aromatic N) is 3. The molecule has 2 amide bonds. The number of hydrogen-bond donors (Lipinski definition) is 0. The summed E-state index contributed by atoms with van der Waals surface area (Å²) in [5.41, 5.74) is 2.87. The third kappa shape index (κ3) is 4.45. The zero-order valence-electron chi connectivity index (χ0n) is 18.2. The van der Waals surface area contributed by atoms with Crippen LogP contribution < -0.4 is 9.80 Å². The lowest BCUT2D eigenvalue weighted by Gasteiger charge is -2.37. The minimum atomic E-state index is -4.38. The predicted molar refractivity (Wildman–Crippen MR) is 117 cm³/mol. The van der Waals surface area contributed by atoms with Gasteiger partial charge in [0.05, 0.1) is 11.5 Å². The number of halogens is 3. The number of carbonyl (C=O) groups is 2. The van der Waals surface area contributed by atoms with Gasteiger partial charge in [-0.05, 0) is 55.3 Å². The maximum absolute atomic E-state index is 13.1. The molecule has 2 aromatic rings. The van der Waals surface area contributed by atoms with Gasteiger partial charge in [-0.3, -0.25) is 9.59 Å². The largest absolute Gasteiger partial charge is 0.416 e. The fourth-order valence-corrected chi connectivity index (χ4v) is 4.34. The third-order valence-electron chi connectivity index (χ3n) is 6.41. The van der Waals surface area contributed by atoms with E-state index in [-0.39, 0.29) is 18.2 Å². The molecule has 0 N–H and O–H groups in total. The topological polar surface area (TPSA) is 43.9 Å². The molecule has 2 aliphatic heterocycles. The summed E-state index contributed by atoms with van der Waals surface area (Å²) in [6.45, 7) is 6.10. The first-order valence-corrected chi connectivity index (χ1v) is 10.7. The van der Waals surface area contributed by atoms with Crippen molar-refractivity contribution < 1.29 is 22.8 Å². The van der Waals surface area contributed by atoms with E-state index in [9.17, 15) is 22.8 Å². The third-order valence-corrected chi connectivity index (χ3v) is 6.41. The Labute approximate surface area is 185 Å². The van der Waals surface area contributed by atoms with Crippen LogP contribution in [-0.4, -0.2) is 49.4 Å². The van der Waals surface area contributed by atoms with Crippen molar-refractivity contribution in [2.75, 3.05) is 42.5 Å². The van der Waals surface area contributed by atoms with Gasteiger partial charge in [0.1, 0.15) is 0 Å².